The monoisotopic (exact) mass is 395 g/mol. The van der Waals surface area contributed by atoms with Gasteiger partial charge in [-0.3, -0.25) is 4.98 Å². The summed E-state index contributed by atoms with van der Waals surface area (Å²) in [5.41, 5.74) is 4.23. The summed E-state index contributed by atoms with van der Waals surface area (Å²) in [5.74, 6) is 0.361. The van der Waals surface area contributed by atoms with Gasteiger partial charge in [0.1, 0.15) is 0 Å². The molecule has 1 aliphatic carbocycles. The van der Waals surface area contributed by atoms with Crippen LogP contribution >= 0.6 is 12.4 Å². The van der Waals surface area contributed by atoms with Gasteiger partial charge in [-0.1, -0.05) is 72.8 Å². The molecule has 0 fully saturated rings. The van der Waals surface area contributed by atoms with Gasteiger partial charge in [-0.05, 0) is 63.4 Å². The topological polar surface area (TPSA) is 12.9 Å². The van der Waals surface area contributed by atoms with Gasteiger partial charge in [0.25, 0.3) is 0 Å². The van der Waals surface area contributed by atoms with Crippen LogP contribution in [0.15, 0.2) is 85.1 Å². The molecule has 0 aliphatic heterocycles. The van der Waals surface area contributed by atoms with E-state index in [2.05, 4.69) is 78.9 Å². The number of nitrogens with zero attached hydrogens (tertiary/aromatic N) is 1. The van der Waals surface area contributed by atoms with E-state index in [0.717, 1.165) is 0 Å². The second-order valence-electron chi connectivity index (χ2n) is 7.88. The van der Waals surface area contributed by atoms with Gasteiger partial charge in [0.15, 0.2) is 0 Å². The highest BCUT2D eigenvalue weighted by atomic mass is 35.5. The average Bonchev–Trinajstić information content (AvgIpc) is 2.78. The predicted molar refractivity (Wildman–Crippen MR) is 125 cm³/mol. The summed E-state index contributed by atoms with van der Waals surface area (Å²) in [4.78, 5) is 4.90. The van der Waals surface area contributed by atoms with Gasteiger partial charge >= 0.3 is 0 Å². The van der Waals surface area contributed by atoms with Crippen molar-refractivity contribution in [3.8, 4) is 0 Å². The molecule has 0 saturated carbocycles. The normalized spacial score (nSPS) is 15.9. The van der Waals surface area contributed by atoms with Crippen molar-refractivity contribution >= 4 is 44.7 Å². The molecule has 0 spiro atoms. The molecule has 4 aromatic carbocycles. The van der Waals surface area contributed by atoms with E-state index in [1.807, 2.05) is 6.20 Å². The van der Waals surface area contributed by atoms with Gasteiger partial charge in [0.2, 0.25) is 0 Å². The minimum absolute atomic E-state index is 0. The Bertz CT molecular complexity index is 1350. The van der Waals surface area contributed by atoms with E-state index >= 15 is 0 Å². The van der Waals surface area contributed by atoms with Crippen molar-refractivity contribution in [3.05, 3.63) is 102 Å². The molecule has 1 heterocycles. The molecular formula is C27H22ClN. The molecule has 2 heteroatoms. The molecule has 29 heavy (non-hydrogen) atoms. The fourth-order valence-electron chi connectivity index (χ4n) is 5.12. The molecule has 6 rings (SSSR count). The van der Waals surface area contributed by atoms with Gasteiger partial charge in [-0.25, -0.2) is 0 Å². The summed E-state index contributed by atoms with van der Waals surface area (Å²) in [7, 11) is 0. The Labute approximate surface area is 176 Å². The second-order valence-corrected chi connectivity index (χ2v) is 7.88. The fraction of sp³-hybridized carbons (Fsp3) is 0.148. The maximum Gasteiger partial charge on any atom is 0.0556 e. The number of aryl methyl sites for hydroxylation is 1. The summed E-state index contributed by atoms with van der Waals surface area (Å²) in [6.45, 7) is 0. The first-order chi connectivity index (χ1) is 13.9. The van der Waals surface area contributed by atoms with Crippen LogP contribution in [0.4, 0.5) is 0 Å². The Hall–Kier alpha value is -2.90. The maximum atomic E-state index is 4.90. The minimum atomic E-state index is 0. The Morgan fingerprint density at radius 2 is 1.38 bits per heavy atom. The number of halogens is 1. The van der Waals surface area contributed by atoms with E-state index in [1.54, 1.807) is 0 Å². The van der Waals surface area contributed by atoms with Crippen molar-refractivity contribution < 1.29 is 0 Å². The lowest BCUT2D eigenvalue weighted by molar-refractivity contribution is 0.612. The van der Waals surface area contributed by atoms with Crippen molar-refractivity contribution in [2.24, 2.45) is 0 Å². The molecule has 0 amide bonds. The molecule has 1 aliphatic rings. The van der Waals surface area contributed by atoms with Crippen LogP contribution in [0.2, 0.25) is 0 Å². The third kappa shape index (κ3) is 2.81. The van der Waals surface area contributed by atoms with Crippen molar-refractivity contribution in [1.29, 1.82) is 0 Å². The van der Waals surface area contributed by atoms with E-state index in [0.29, 0.717) is 5.92 Å². The average molecular weight is 396 g/mol. The van der Waals surface area contributed by atoms with Gasteiger partial charge in [0, 0.05) is 17.5 Å². The molecule has 1 nitrogen and oxygen atoms in total. The number of hydrogen-bond acceptors (Lipinski definition) is 1. The SMILES string of the molecule is Cl.c1ccc2c(C3CCCc4ccc5c(ccc6ccccc65)c43)nccc2c1. The van der Waals surface area contributed by atoms with E-state index in [-0.39, 0.29) is 12.4 Å². The van der Waals surface area contributed by atoms with Crippen LogP contribution in [-0.4, -0.2) is 4.98 Å². The smallest absolute Gasteiger partial charge is 0.0556 e. The Morgan fingerprint density at radius 3 is 2.24 bits per heavy atom. The number of aromatic nitrogens is 1. The number of rotatable bonds is 1. The molecule has 142 valence electrons. The molecule has 0 N–H and O–H groups in total. The fourth-order valence-corrected chi connectivity index (χ4v) is 5.12. The van der Waals surface area contributed by atoms with Crippen LogP contribution in [0.1, 0.15) is 35.6 Å². The van der Waals surface area contributed by atoms with E-state index in [9.17, 15) is 0 Å². The number of fused-ring (bicyclic) bond motifs is 6. The first-order valence-electron chi connectivity index (χ1n) is 10.2. The summed E-state index contributed by atoms with van der Waals surface area (Å²) in [5, 5.41) is 7.99. The number of pyridine rings is 1. The summed E-state index contributed by atoms with van der Waals surface area (Å²) in [6, 6.07) is 28.8. The molecule has 0 saturated heterocycles. The van der Waals surface area contributed by atoms with E-state index < -0.39 is 0 Å². The first kappa shape index (κ1) is 18.1. The molecule has 1 atom stereocenters. The van der Waals surface area contributed by atoms with Gasteiger partial charge in [-0.2, -0.15) is 0 Å². The zero-order valence-corrected chi connectivity index (χ0v) is 17.0. The van der Waals surface area contributed by atoms with Crippen LogP contribution in [0, 0.1) is 0 Å². The molecule has 1 unspecified atom stereocenters. The quantitative estimate of drug-likeness (QED) is 0.269. The van der Waals surface area contributed by atoms with Crippen LogP contribution in [-0.2, 0) is 6.42 Å². The summed E-state index contributed by atoms with van der Waals surface area (Å²) >= 11 is 0. The molecular weight excluding hydrogens is 374 g/mol. The predicted octanol–water partition coefficient (Wildman–Crippen LogP) is 7.43. The van der Waals surface area contributed by atoms with Crippen LogP contribution in [0.3, 0.4) is 0 Å². The molecule has 0 bridgehead atoms. The second kappa shape index (κ2) is 7.17. The lowest BCUT2D eigenvalue weighted by Crippen LogP contribution is -2.13. The van der Waals surface area contributed by atoms with E-state index in [1.165, 1.54) is 68.4 Å². The molecule has 0 radical (unpaired) electrons. The van der Waals surface area contributed by atoms with Crippen molar-refractivity contribution in [1.82, 2.24) is 4.98 Å². The Morgan fingerprint density at radius 1 is 0.655 bits per heavy atom. The molecule has 5 aromatic rings. The van der Waals surface area contributed by atoms with Crippen LogP contribution in [0.25, 0.3) is 32.3 Å². The first-order valence-corrected chi connectivity index (χ1v) is 10.2. The van der Waals surface area contributed by atoms with Crippen molar-refractivity contribution in [2.75, 3.05) is 0 Å². The number of hydrogen-bond donors (Lipinski definition) is 0. The van der Waals surface area contributed by atoms with Crippen LogP contribution in [0.5, 0.6) is 0 Å². The standard InChI is InChI=1S/C27H21N.ClH/c1-3-9-21-18(6-1)12-15-24-23(21)14-13-20-8-5-11-25(26(20)24)27-22-10-4-2-7-19(22)16-17-28-27;/h1-4,6-7,9-10,12-17,25H,5,8,11H2;1H. The van der Waals surface area contributed by atoms with E-state index in [4.69, 9.17) is 4.98 Å². The Balaban J connectivity index is 0.00000181. The third-order valence-electron chi connectivity index (χ3n) is 6.38. The zero-order valence-electron chi connectivity index (χ0n) is 16.1. The largest absolute Gasteiger partial charge is 0.260 e. The summed E-state index contributed by atoms with van der Waals surface area (Å²) in [6.07, 6.45) is 5.54. The number of benzene rings is 4. The molecule has 1 aromatic heterocycles. The van der Waals surface area contributed by atoms with Gasteiger partial charge in [-0.15, -0.1) is 12.4 Å². The Kier molecular flexibility index (Phi) is 4.49. The lowest BCUT2D eigenvalue weighted by Gasteiger charge is -2.28. The van der Waals surface area contributed by atoms with Crippen LogP contribution < -0.4 is 0 Å². The highest BCUT2D eigenvalue weighted by Crippen LogP contribution is 2.43. The van der Waals surface area contributed by atoms with Crippen molar-refractivity contribution in [2.45, 2.75) is 25.2 Å². The van der Waals surface area contributed by atoms with Gasteiger partial charge in [0.05, 0.1) is 5.69 Å². The highest BCUT2D eigenvalue weighted by molar-refractivity contribution is 6.09. The summed E-state index contributed by atoms with van der Waals surface area (Å²) < 4.78 is 0. The van der Waals surface area contributed by atoms with Gasteiger partial charge < -0.3 is 0 Å². The van der Waals surface area contributed by atoms with Crippen molar-refractivity contribution in [3.63, 3.8) is 0 Å². The highest BCUT2D eigenvalue weighted by Gasteiger charge is 2.26. The maximum absolute atomic E-state index is 4.90. The third-order valence-corrected chi connectivity index (χ3v) is 6.38. The zero-order chi connectivity index (χ0) is 18.5. The minimum Gasteiger partial charge on any atom is -0.260 e. The lowest BCUT2D eigenvalue weighted by atomic mass is 9.77.